The average molecular weight is 246 g/mol. The fourth-order valence-electron chi connectivity index (χ4n) is 1.73. The third-order valence-electron chi connectivity index (χ3n) is 2.60. The summed E-state index contributed by atoms with van der Waals surface area (Å²) in [5.41, 5.74) is 7.23. The second-order valence-electron chi connectivity index (χ2n) is 3.86. The van der Waals surface area contributed by atoms with Gasteiger partial charge in [-0.2, -0.15) is 0 Å². The molecule has 1 aromatic heterocycles. The minimum Gasteiger partial charge on any atom is -0.436 e. The van der Waals surface area contributed by atoms with E-state index < -0.39 is 11.6 Å². The van der Waals surface area contributed by atoms with E-state index in [9.17, 15) is 8.78 Å². The zero-order valence-corrected chi connectivity index (χ0v) is 9.15. The molecule has 0 amide bonds. The van der Waals surface area contributed by atoms with Crippen LogP contribution in [0.25, 0.3) is 22.6 Å². The van der Waals surface area contributed by atoms with Crippen molar-refractivity contribution in [3.63, 3.8) is 0 Å². The summed E-state index contributed by atoms with van der Waals surface area (Å²) in [5, 5.41) is 0. The van der Waals surface area contributed by atoms with Crippen molar-refractivity contribution in [1.82, 2.24) is 4.98 Å². The predicted molar refractivity (Wildman–Crippen MR) is 63.8 cm³/mol. The first kappa shape index (κ1) is 10.7. The third-order valence-corrected chi connectivity index (χ3v) is 2.60. The smallest absolute Gasteiger partial charge is 0.229 e. The van der Waals surface area contributed by atoms with Crippen molar-refractivity contribution in [2.75, 3.05) is 5.73 Å². The van der Waals surface area contributed by atoms with Crippen LogP contribution in [0.15, 0.2) is 40.8 Å². The quantitative estimate of drug-likeness (QED) is 0.670. The van der Waals surface area contributed by atoms with E-state index in [2.05, 4.69) is 4.98 Å². The SMILES string of the molecule is Nc1ccc(F)cc1-c1nc2cc(F)ccc2o1. The van der Waals surface area contributed by atoms with E-state index in [0.717, 1.165) is 0 Å². The minimum atomic E-state index is -0.437. The topological polar surface area (TPSA) is 52.0 Å². The van der Waals surface area contributed by atoms with Crippen LogP contribution < -0.4 is 5.73 Å². The van der Waals surface area contributed by atoms with Crippen LogP contribution in [0.5, 0.6) is 0 Å². The summed E-state index contributed by atoms with van der Waals surface area (Å²) in [6, 6.07) is 7.90. The first-order valence-corrected chi connectivity index (χ1v) is 5.25. The number of hydrogen-bond donors (Lipinski definition) is 1. The molecule has 2 N–H and O–H groups in total. The van der Waals surface area contributed by atoms with Gasteiger partial charge in [0.25, 0.3) is 0 Å². The molecule has 0 aliphatic carbocycles. The zero-order valence-electron chi connectivity index (χ0n) is 9.15. The molecule has 90 valence electrons. The Balaban J connectivity index is 2.22. The Morgan fingerprint density at radius 2 is 1.72 bits per heavy atom. The molecule has 0 spiro atoms. The first-order valence-electron chi connectivity index (χ1n) is 5.25. The fourth-order valence-corrected chi connectivity index (χ4v) is 1.73. The monoisotopic (exact) mass is 246 g/mol. The van der Waals surface area contributed by atoms with Gasteiger partial charge >= 0.3 is 0 Å². The Hall–Kier alpha value is -2.43. The Morgan fingerprint density at radius 3 is 2.56 bits per heavy atom. The van der Waals surface area contributed by atoms with E-state index >= 15 is 0 Å². The lowest BCUT2D eigenvalue weighted by molar-refractivity contribution is 0.609. The maximum atomic E-state index is 13.2. The summed E-state index contributed by atoms with van der Waals surface area (Å²) < 4.78 is 31.6. The Bertz CT molecular complexity index is 737. The number of nitrogens with zero attached hydrogens (tertiary/aromatic N) is 1. The van der Waals surface area contributed by atoms with E-state index in [-0.39, 0.29) is 5.89 Å². The summed E-state index contributed by atoms with van der Waals surface area (Å²) in [7, 11) is 0. The van der Waals surface area contributed by atoms with Crippen molar-refractivity contribution < 1.29 is 13.2 Å². The van der Waals surface area contributed by atoms with Crippen LogP contribution in [0.1, 0.15) is 0 Å². The molecule has 0 saturated heterocycles. The summed E-state index contributed by atoms with van der Waals surface area (Å²) in [4.78, 5) is 4.09. The van der Waals surface area contributed by atoms with E-state index in [1.165, 1.54) is 36.4 Å². The number of halogens is 2. The summed E-state index contributed by atoms with van der Waals surface area (Å²) in [5.74, 6) is -0.671. The molecule has 0 radical (unpaired) electrons. The van der Waals surface area contributed by atoms with Gasteiger partial charge in [-0.15, -0.1) is 0 Å². The second-order valence-corrected chi connectivity index (χ2v) is 3.86. The molecule has 3 nitrogen and oxygen atoms in total. The van der Waals surface area contributed by atoms with Crippen molar-refractivity contribution in [3.8, 4) is 11.5 Å². The van der Waals surface area contributed by atoms with Gasteiger partial charge in [0.1, 0.15) is 17.2 Å². The number of nitrogens with two attached hydrogens (primary N) is 1. The summed E-state index contributed by atoms with van der Waals surface area (Å²) >= 11 is 0. The molecule has 0 aliphatic rings. The second kappa shape index (κ2) is 3.80. The van der Waals surface area contributed by atoms with Crippen molar-refractivity contribution >= 4 is 16.8 Å². The van der Waals surface area contributed by atoms with Gasteiger partial charge < -0.3 is 10.2 Å². The van der Waals surface area contributed by atoms with Gasteiger partial charge in [-0.1, -0.05) is 0 Å². The lowest BCUT2D eigenvalue weighted by Crippen LogP contribution is -1.90. The van der Waals surface area contributed by atoms with Crippen LogP contribution in [0.4, 0.5) is 14.5 Å². The molecule has 0 saturated carbocycles. The molecule has 0 aliphatic heterocycles. The molecule has 18 heavy (non-hydrogen) atoms. The Morgan fingerprint density at radius 1 is 1.00 bits per heavy atom. The first-order chi connectivity index (χ1) is 8.63. The van der Waals surface area contributed by atoms with Crippen molar-refractivity contribution in [2.24, 2.45) is 0 Å². The highest BCUT2D eigenvalue weighted by molar-refractivity contribution is 5.79. The van der Waals surface area contributed by atoms with Crippen LogP contribution >= 0.6 is 0 Å². The zero-order chi connectivity index (χ0) is 12.7. The molecule has 0 unspecified atom stereocenters. The highest BCUT2D eigenvalue weighted by Crippen LogP contribution is 2.29. The lowest BCUT2D eigenvalue weighted by Gasteiger charge is -2.00. The van der Waals surface area contributed by atoms with Crippen LogP contribution in [0.2, 0.25) is 0 Å². The number of fused-ring (bicyclic) bond motifs is 1. The van der Waals surface area contributed by atoms with E-state index in [1.54, 1.807) is 0 Å². The third kappa shape index (κ3) is 1.69. The minimum absolute atomic E-state index is 0.174. The van der Waals surface area contributed by atoms with Gasteiger partial charge in [0.15, 0.2) is 5.58 Å². The summed E-state index contributed by atoms with van der Waals surface area (Å²) in [6.07, 6.45) is 0. The highest BCUT2D eigenvalue weighted by atomic mass is 19.1. The molecule has 0 atom stereocenters. The predicted octanol–water partition coefficient (Wildman–Crippen LogP) is 3.36. The Kier molecular flexibility index (Phi) is 2.26. The van der Waals surface area contributed by atoms with Gasteiger partial charge in [-0.25, -0.2) is 13.8 Å². The van der Waals surface area contributed by atoms with Gasteiger partial charge in [0.2, 0.25) is 5.89 Å². The van der Waals surface area contributed by atoms with Crippen molar-refractivity contribution in [2.45, 2.75) is 0 Å². The van der Waals surface area contributed by atoms with Gasteiger partial charge in [-0.05, 0) is 30.3 Å². The number of oxazole rings is 1. The molecule has 1 heterocycles. The average Bonchev–Trinajstić information content (AvgIpc) is 2.74. The molecular weight excluding hydrogens is 238 g/mol. The van der Waals surface area contributed by atoms with Crippen molar-refractivity contribution in [3.05, 3.63) is 48.0 Å². The fraction of sp³-hybridized carbons (Fsp3) is 0. The van der Waals surface area contributed by atoms with Crippen LogP contribution in [-0.2, 0) is 0 Å². The number of rotatable bonds is 1. The molecule has 3 rings (SSSR count). The number of benzene rings is 2. The van der Waals surface area contributed by atoms with Crippen LogP contribution in [0.3, 0.4) is 0 Å². The standard InChI is InChI=1S/C13H8F2N2O/c14-7-1-3-10(16)9(5-7)13-17-11-6-8(15)2-4-12(11)18-13/h1-6H,16H2. The number of nitrogen functional groups attached to an aromatic ring is 1. The maximum absolute atomic E-state index is 13.2. The van der Waals surface area contributed by atoms with Crippen LogP contribution in [0, 0.1) is 11.6 Å². The molecule has 5 heteroatoms. The number of aromatic nitrogens is 1. The van der Waals surface area contributed by atoms with Gasteiger partial charge in [-0.3, -0.25) is 0 Å². The highest BCUT2D eigenvalue weighted by Gasteiger charge is 2.12. The molecular formula is C13H8F2N2O. The number of anilines is 1. The number of hydrogen-bond acceptors (Lipinski definition) is 3. The summed E-state index contributed by atoms with van der Waals surface area (Å²) in [6.45, 7) is 0. The molecule has 0 bridgehead atoms. The van der Waals surface area contributed by atoms with Crippen LogP contribution in [-0.4, -0.2) is 4.98 Å². The lowest BCUT2D eigenvalue weighted by atomic mass is 10.2. The van der Waals surface area contributed by atoms with E-state index in [4.69, 9.17) is 10.2 Å². The largest absolute Gasteiger partial charge is 0.436 e. The normalized spacial score (nSPS) is 11.0. The molecule has 2 aromatic carbocycles. The Labute approximate surface area is 101 Å². The van der Waals surface area contributed by atoms with Gasteiger partial charge in [0, 0.05) is 11.8 Å². The van der Waals surface area contributed by atoms with E-state index in [0.29, 0.717) is 22.4 Å². The van der Waals surface area contributed by atoms with Gasteiger partial charge in [0.05, 0.1) is 5.56 Å². The molecule has 0 fully saturated rings. The maximum Gasteiger partial charge on any atom is 0.229 e. The molecule has 3 aromatic rings. The van der Waals surface area contributed by atoms with E-state index in [1.807, 2.05) is 0 Å². The van der Waals surface area contributed by atoms with Crippen molar-refractivity contribution in [1.29, 1.82) is 0 Å².